The minimum absolute atomic E-state index is 1.02. The van der Waals surface area contributed by atoms with Gasteiger partial charge in [0.2, 0.25) is 0 Å². The van der Waals surface area contributed by atoms with E-state index in [0.717, 1.165) is 44.8 Å². The van der Waals surface area contributed by atoms with Gasteiger partial charge in [-0.3, -0.25) is 4.98 Å². The number of benzene rings is 6. The van der Waals surface area contributed by atoms with E-state index in [4.69, 9.17) is 4.98 Å². The third-order valence-electron chi connectivity index (χ3n) is 10.3. The molecule has 11 aromatic rings. The second-order valence-electron chi connectivity index (χ2n) is 13.0. The van der Waals surface area contributed by atoms with Crippen LogP contribution in [0.3, 0.4) is 0 Å². The minimum atomic E-state index is 1.02. The summed E-state index contributed by atoms with van der Waals surface area (Å²) in [5, 5.41) is 7.34. The summed E-state index contributed by atoms with van der Waals surface area (Å²) in [6, 6.07) is 54.5. The Morgan fingerprint density at radius 1 is 0.320 bits per heavy atom. The van der Waals surface area contributed by atoms with Crippen LogP contribution in [0, 0.1) is 0 Å². The minimum Gasteiger partial charge on any atom is -0.316 e. The van der Waals surface area contributed by atoms with Crippen LogP contribution in [0.15, 0.2) is 176 Å². The number of aromatic nitrogens is 5. The van der Waals surface area contributed by atoms with Crippen LogP contribution in [0.1, 0.15) is 0 Å². The fraction of sp³-hybridized carbons (Fsp3) is 0. The van der Waals surface area contributed by atoms with Crippen LogP contribution in [0.25, 0.3) is 88.2 Å². The zero-order valence-corrected chi connectivity index (χ0v) is 27.0. The van der Waals surface area contributed by atoms with E-state index >= 15 is 0 Å². The van der Waals surface area contributed by atoms with E-state index in [1.165, 1.54) is 43.4 Å². The van der Waals surface area contributed by atoms with Crippen molar-refractivity contribution in [3.05, 3.63) is 176 Å². The van der Waals surface area contributed by atoms with E-state index in [2.05, 4.69) is 182 Å². The molecule has 5 aromatic heterocycles. The molecule has 0 radical (unpaired) electrons. The highest BCUT2D eigenvalue weighted by Crippen LogP contribution is 2.38. The van der Waals surface area contributed by atoms with E-state index in [1.807, 2.05) is 12.4 Å². The predicted octanol–water partition coefficient (Wildman–Crippen LogP) is 11.2. The van der Waals surface area contributed by atoms with Gasteiger partial charge in [-0.05, 0) is 78.9 Å². The number of para-hydroxylation sites is 4. The molecular weight excluding hydrogens is 611 g/mol. The van der Waals surface area contributed by atoms with Crippen molar-refractivity contribution in [2.75, 3.05) is 0 Å². The third kappa shape index (κ3) is 3.86. The molecule has 5 heteroatoms. The molecule has 0 aliphatic rings. The maximum atomic E-state index is 4.91. The van der Waals surface area contributed by atoms with Gasteiger partial charge in [0.25, 0.3) is 0 Å². The van der Waals surface area contributed by atoms with Crippen molar-refractivity contribution in [1.29, 1.82) is 0 Å². The third-order valence-corrected chi connectivity index (χ3v) is 10.3. The van der Waals surface area contributed by atoms with Crippen molar-refractivity contribution in [2.45, 2.75) is 0 Å². The first-order valence-corrected chi connectivity index (χ1v) is 17.0. The Balaban J connectivity index is 1.17. The number of fused-ring (bicyclic) bond motifs is 8. The average molecular weight is 640 g/mol. The van der Waals surface area contributed by atoms with Crippen LogP contribution in [-0.4, -0.2) is 23.3 Å². The molecule has 0 saturated carbocycles. The fourth-order valence-corrected chi connectivity index (χ4v) is 8.04. The molecule has 0 spiro atoms. The van der Waals surface area contributed by atoms with Crippen molar-refractivity contribution in [1.82, 2.24) is 23.3 Å². The monoisotopic (exact) mass is 639 g/mol. The first kappa shape index (κ1) is 27.1. The molecule has 0 unspecified atom stereocenters. The lowest BCUT2D eigenvalue weighted by atomic mass is 10.1. The van der Waals surface area contributed by atoms with E-state index in [9.17, 15) is 0 Å². The Hall–Kier alpha value is -6.85. The van der Waals surface area contributed by atoms with E-state index in [1.54, 1.807) is 0 Å². The zero-order chi connectivity index (χ0) is 32.8. The van der Waals surface area contributed by atoms with E-state index in [-0.39, 0.29) is 0 Å². The van der Waals surface area contributed by atoms with Crippen LogP contribution >= 0.6 is 0 Å². The largest absolute Gasteiger partial charge is 0.316 e. The molecule has 234 valence electrons. The fourth-order valence-electron chi connectivity index (χ4n) is 8.04. The maximum Gasteiger partial charge on any atom is 0.0666 e. The van der Waals surface area contributed by atoms with Gasteiger partial charge in [0.05, 0.1) is 56.9 Å². The molecule has 0 saturated heterocycles. The number of pyridine rings is 1. The second-order valence-corrected chi connectivity index (χ2v) is 13.0. The van der Waals surface area contributed by atoms with Crippen molar-refractivity contribution in [2.24, 2.45) is 0 Å². The van der Waals surface area contributed by atoms with Crippen LogP contribution in [0.5, 0.6) is 0 Å². The van der Waals surface area contributed by atoms with Gasteiger partial charge < -0.3 is 18.3 Å². The molecule has 5 heterocycles. The number of hydrogen-bond donors (Lipinski definition) is 0. The highest BCUT2D eigenvalue weighted by molar-refractivity contribution is 6.15. The number of nitrogens with zero attached hydrogens (tertiary/aromatic N) is 5. The van der Waals surface area contributed by atoms with Crippen molar-refractivity contribution in [3.63, 3.8) is 0 Å². The summed E-state index contributed by atoms with van der Waals surface area (Å²) in [6.07, 6.45) is 8.31. The highest BCUT2D eigenvalue weighted by atomic mass is 15.0. The Morgan fingerprint density at radius 3 is 1.24 bits per heavy atom. The number of rotatable bonds is 4. The quantitative estimate of drug-likeness (QED) is 0.189. The molecule has 0 amide bonds. The Labute approximate surface area is 287 Å². The molecule has 0 fully saturated rings. The van der Waals surface area contributed by atoms with E-state index < -0.39 is 0 Å². The normalized spacial score (nSPS) is 12.0. The van der Waals surface area contributed by atoms with Gasteiger partial charge in [-0.1, -0.05) is 72.8 Å². The molecule has 11 rings (SSSR count). The van der Waals surface area contributed by atoms with Crippen LogP contribution < -0.4 is 0 Å². The molecule has 0 N–H and O–H groups in total. The van der Waals surface area contributed by atoms with E-state index in [0.29, 0.717) is 0 Å². The molecular formula is C45H29N5. The Morgan fingerprint density at radius 2 is 0.760 bits per heavy atom. The summed E-state index contributed by atoms with van der Waals surface area (Å²) in [7, 11) is 0. The molecule has 0 aliphatic carbocycles. The van der Waals surface area contributed by atoms with Gasteiger partial charge in [0, 0.05) is 56.1 Å². The summed E-state index contributed by atoms with van der Waals surface area (Å²) in [5.74, 6) is 0. The average Bonchev–Trinajstić information content (AvgIpc) is 3.94. The van der Waals surface area contributed by atoms with Gasteiger partial charge in [0.1, 0.15) is 0 Å². The van der Waals surface area contributed by atoms with Crippen LogP contribution in [0.2, 0.25) is 0 Å². The Kier molecular flexibility index (Phi) is 5.60. The smallest absolute Gasteiger partial charge is 0.0666 e. The zero-order valence-electron chi connectivity index (χ0n) is 27.0. The molecule has 50 heavy (non-hydrogen) atoms. The SMILES string of the molecule is c1ccc(-n2ccc3cc4c5ccccc5n(-c5cncc(-n6c7ccccc7c7cc8ccn(-c9ccccc9)c8cc76)c5)c4cc32)cc1. The standard InChI is InChI=1S/C45H29N5/c1-3-11-32(12-4-1)47-21-19-30-23-38-36-15-7-9-17-40(36)49(44(38)26-42(30)47)34-25-35(29-46-28-34)50-41-18-10-8-16-37(41)39-24-31-20-22-48(43(31)27-45(39)50)33-13-5-2-6-14-33/h1-29H. The summed E-state index contributed by atoms with van der Waals surface area (Å²) in [4.78, 5) is 4.91. The van der Waals surface area contributed by atoms with Crippen molar-refractivity contribution in [3.8, 4) is 22.7 Å². The van der Waals surface area contributed by atoms with Gasteiger partial charge in [0.15, 0.2) is 0 Å². The summed E-state index contributed by atoms with van der Waals surface area (Å²) in [5.41, 5.74) is 11.3. The molecule has 0 atom stereocenters. The topological polar surface area (TPSA) is 32.6 Å². The lowest BCUT2D eigenvalue weighted by Crippen LogP contribution is -2.00. The van der Waals surface area contributed by atoms with Gasteiger partial charge in [-0.15, -0.1) is 0 Å². The predicted molar refractivity (Wildman–Crippen MR) is 207 cm³/mol. The van der Waals surface area contributed by atoms with Crippen LogP contribution in [-0.2, 0) is 0 Å². The molecule has 0 aliphatic heterocycles. The summed E-state index contributed by atoms with van der Waals surface area (Å²) >= 11 is 0. The van der Waals surface area contributed by atoms with Gasteiger partial charge >= 0.3 is 0 Å². The molecule has 6 aromatic carbocycles. The summed E-state index contributed by atoms with van der Waals surface area (Å²) in [6.45, 7) is 0. The van der Waals surface area contributed by atoms with Gasteiger partial charge in [-0.25, -0.2) is 0 Å². The lowest BCUT2D eigenvalue weighted by Gasteiger charge is -2.13. The highest BCUT2D eigenvalue weighted by Gasteiger charge is 2.18. The van der Waals surface area contributed by atoms with Crippen molar-refractivity contribution >= 4 is 65.4 Å². The van der Waals surface area contributed by atoms with Gasteiger partial charge in [-0.2, -0.15) is 0 Å². The lowest BCUT2D eigenvalue weighted by molar-refractivity contribution is 1.09. The molecule has 5 nitrogen and oxygen atoms in total. The Bertz CT molecular complexity index is 2880. The first-order chi connectivity index (χ1) is 24.8. The van der Waals surface area contributed by atoms with Crippen molar-refractivity contribution < 1.29 is 0 Å². The molecule has 0 bridgehead atoms. The first-order valence-electron chi connectivity index (χ1n) is 17.0. The van der Waals surface area contributed by atoms with Crippen LogP contribution in [0.4, 0.5) is 0 Å². The number of hydrogen-bond acceptors (Lipinski definition) is 1. The second kappa shape index (κ2) is 10.3. The maximum absolute atomic E-state index is 4.91. The summed E-state index contributed by atoms with van der Waals surface area (Å²) < 4.78 is 9.29.